The lowest BCUT2D eigenvalue weighted by atomic mass is 10.1. The molecule has 8 nitrogen and oxygen atoms in total. The van der Waals surface area contributed by atoms with Crippen molar-refractivity contribution in [2.75, 3.05) is 5.32 Å². The predicted octanol–water partition coefficient (Wildman–Crippen LogP) is 5.94. The molecule has 0 saturated heterocycles. The van der Waals surface area contributed by atoms with Gasteiger partial charge in [-0.3, -0.25) is 9.67 Å². The van der Waals surface area contributed by atoms with Crippen molar-refractivity contribution < 1.29 is 8.81 Å². The topological polar surface area (TPSA) is 97.5 Å². The van der Waals surface area contributed by atoms with E-state index >= 15 is 0 Å². The minimum atomic E-state index is -0.372. The van der Waals surface area contributed by atoms with Gasteiger partial charge >= 0.3 is 0 Å². The van der Waals surface area contributed by atoms with E-state index in [0.717, 1.165) is 34.8 Å². The molecule has 2 N–H and O–H groups in total. The third-order valence-corrected chi connectivity index (χ3v) is 5.03. The molecule has 0 aliphatic rings. The molecule has 0 aliphatic heterocycles. The average molecular weight is 478 g/mol. The molecule has 9 heteroatoms. The van der Waals surface area contributed by atoms with Crippen LogP contribution in [0, 0.1) is 5.82 Å². The molecular formula is C26H32FN7O. The highest BCUT2D eigenvalue weighted by atomic mass is 19.1. The first-order chi connectivity index (χ1) is 17.2. The van der Waals surface area contributed by atoms with Crippen LogP contribution in [0.4, 0.5) is 10.1 Å². The van der Waals surface area contributed by atoms with Gasteiger partial charge in [0.05, 0.1) is 30.4 Å². The van der Waals surface area contributed by atoms with E-state index in [4.69, 9.17) is 4.42 Å². The van der Waals surface area contributed by atoms with Gasteiger partial charge in [0.25, 0.3) is 0 Å². The number of aromatic nitrogens is 6. The second kappa shape index (κ2) is 12.5. The molecule has 0 fully saturated rings. The number of fused-ring (bicyclic) bond motifs is 1. The lowest BCUT2D eigenvalue weighted by Crippen LogP contribution is -2.05. The van der Waals surface area contributed by atoms with Crippen LogP contribution < -0.4 is 5.32 Å². The summed E-state index contributed by atoms with van der Waals surface area (Å²) in [4.78, 5) is 16.5. The van der Waals surface area contributed by atoms with Crippen LogP contribution in [0.3, 0.4) is 0 Å². The van der Waals surface area contributed by atoms with E-state index in [9.17, 15) is 4.39 Å². The van der Waals surface area contributed by atoms with Gasteiger partial charge in [-0.15, -0.1) is 0 Å². The monoisotopic (exact) mass is 477 g/mol. The second-order valence-corrected chi connectivity index (χ2v) is 7.23. The summed E-state index contributed by atoms with van der Waals surface area (Å²) < 4.78 is 21.7. The Kier molecular flexibility index (Phi) is 9.11. The molecule has 0 radical (unpaired) electrons. The molecule has 0 amide bonds. The highest BCUT2D eigenvalue weighted by Crippen LogP contribution is 2.23. The van der Waals surface area contributed by atoms with Crippen molar-refractivity contribution in [2.45, 2.75) is 47.1 Å². The van der Waals surface area contributed by atoms with Crippen molar-refractivity contribution in [2.24, 2.45) is 7.05 Å². The first-order valence-corrected chi connectivity index (χ1v) is 11.9. The first-order valence-electron chi connectivity index (χ1n) is 11.9. The molecule has 0 unspecified atom stereocenters. The van der Waals surface area contributed by atoms with E-state index in [1.54, 1.807) is 29.5 Å². The van der Waals surface area contributed by atoms with Crippen LogP contribution in [0.15, 0.2) is 59.7 Å². The highest BCUT2D eigenvalue weighted by molar-refractivity contribution is 5.85. The van der Waals surface area contributed by atoms with E-state index in [1.165, 1.54) is 6.07 Å². The minimum absolute atomic E-state index is 0.235. The minimum Gasteiger partial charge on any atom is -0.469 e. The molecule has 0 aromatic carbocycles. The number of nitrogens with zero attached hydrogens (tertiary/aromatic N) is 5. The third-order valence-electron chi connectivity index (χ3n) is 5.03. The number of rotatable bonds is 7. The van der Waals surface area contributed by atoms with Gasteiger partial charge in [-0.2, -0.15) is 5.10 Å². The molecule has 5 heterocycles. The van der Waals surface area contributed by atoms with Crippen LogP contribution in [-0.2, 0) is 26.4 Å². The Morgan fingerprint density at radius 3 is 2.57 bits per heavy atom. The van der Waals surface area contributed by atoms with Gasteiger partial charge < -0.3 is 14.7 Å². The predicted molar refractivity (Wildman–Crippen MR) is 136 cm³/mol. The molecular weight excluding hydrogens is 445 g/mol. The van der Waals surface area contributed by atoms with Gasteiger partial charge in [0, 0.05) is 49.6 Å². The molecule has 0 atom stereocenters. The van der Waals surface area contributed by atoms with Gasteiger partial charge in [-0.05, 0) is 24.3 Å². The zero-order chi connectivity index (χ0) is 25.2. The van der Waals surface area contributed by atoms with Crippen molar-refractivity contribution in [1.82, 2.24) is 29.7 Å². The van der Waals surface area contributed by atoms with Crippen LogP contribution in [0.5, 0.6) is 0 Å². The molecule has 5 aromatic heterocycles. The summed E-state index contributed by atoms with van der Waals surface area (Å²) in [5.74, 6) is 1.35. The smallest absolute Gasteiger partial charge is 0.179 e. The van der Waals surface area contributed by atoms with E-state index in [-0.39, 0.29) is 12.4 Å². The van der Waals surface area contributed by atoms with Crippen LogP contribution in [-0.4, -0.2) is 29.7 Å². The van der Waals surface area contributed by atoms with E-state index in [2.05, 4.69) is 30.4 Å². The average Bonchev–Trinajstić information content (AvgIpc) is 3.65. The standard InChI is InChI=1S/C22H20FN7O.2C2H6/c1-30-13-15(11-27-30)14-9-17(23)19(25-10-14)12-26-18-6-7-24-22-21(18)28-20(29-22)5-4-16-3-2-8-31-16;2*1-2/h2-3,6-11,13H,4-5,12H2,1H3,(H2,24,26,28,29);2*1-2H3. The zero-order valence-electron chi connectivity index (χ0n) is 20.8. The Balaban J connectivity index is 0.000000815. The number of hydrogen-bond donors (Lipinski definition) is 2. The van der Waals surface area contributed by atoms with Gasteiger partial charge in [0.15, 0.2) is 5.65 Å². The van der Waals surface area contributed by atoms with Crippen molar-refractivity contribution in [1.29, 1.82) is 0 Å². The summed E-state index contributed by atoms with van der Waals surface area (Å²) in [5.41, 5.74) is 4.03. The number of pyridine rings is 2. The lowest BCUT2D eigenvalue weighted by molar-refractivity contribution is 0.507. The van der Waals surface area contributed by atoms with E-state index in [0.29, 0.717) is 23.3 Å². The number of furan rings is 1. The van der Waals surface area contributed by atoms with Crippen LogP contribution in [0.2, 0.25) is 0 Å². The summed E-state index contributed by atoms with van der Waals surface area (Å²) in [5, 5.41) is 7.36. The molecule has 184 valence electrons. The van der Waals surface area contributed by atoms with Crippen molar-refractivity contribution in [3.63, 3.8) is 0 Å². The molecule has 0 saturated carbocycles. The summed E-state index contributed by atoms with van der Waals surface area (Å²) in [6.45, 7) is 8.24. The maximum Gasteiger partial charge on any atom is 0.179 e. The zero-order valence-corrected chi connectivity index (χ0v) is 20.8. The number of aryl methyl sites for hydroxylation is 3. The summed E-state index contributed by atoms with van der Waals surface area (Å²) >= 11 is 0. The summed E-state index contributed by atoms with van der Waals surface area (Å²) in [7, 11) is 1.82. The summed E-state index contributed by atoms with van der Waals surface area (Å²) in [6, 6.07) is 7.12. The fourth-order valence-corrected chi connectivity index (χ4v) is 3.42. The second-order valence-electron chi connectivity index (χ2n) is 7.23. The third kappa shape index (κ3) is 6.32. The van der Waals surface area contributed by atoms with Crippen molar-refractivity contribution in [3.8, 4) is 11.1 Å². The van der Waals surface area contributed by atoms with Crippen molar-refractivity contribution in [3.05, 3.63) is 78.4 Å². The molecule has 5 aromatic rings. The maximum atomic E-state index is 14.6. The number of H-pyrrole nitrogens is 1. The van der Waals surface area contributed by atoms with Crippen molar-refractivity contribution >= 4 is 16.9 Å². The number of halogens is 1. The molecule has 5 rings (SSSR count). The Morgan fingerprint density at radius 1 is 1.06 bits per heavy atom. The van der Waals surface area contributed by atoms with Crippen LogP contribution >= 0.6 is 0 Å². The normalized spacial score (nSPS) is 10.3. The van der Waals surface area contributed by atoms with Gasteiger partial charge in [-0.25, -0.2) is 14.4 Å². The largest absolute Gasteiger partial charge is 0.469 e. The van der Waals surface area contributed by atoms with E-state index < -0.39 is 0 Å². The van der Waals surface area contributed by atoms with Gasteiger partial charge in [0.2, 0.25) is 0 Å². The fourth-order valence-electron chi connectivity index (χ4n) is 3.42. The van der Waals surface area contributed by atoms with Crippen LogP contribution in [0.1, 0.15) is 45.0 Å². The van der Waals surface area contributed by atoms with Crippen LogP contribution in [0.25, 0.3) is 22.3 Å². The Hall–Kier alpha value is -4.01. The number of aromatic amines is 1. The van der Waals surface area contributed by atoms with E-state index in [1.807, 2.05) is 59.1 Å². The van der Waals surface area contributed by atoms with Gasteiger partial charge in [0.1, 0.15) is 22.9 Å². The molecule has 35 heavy (non-hydrogen) atoms. The lowest BCUT2D eigenvalue weighted by Gasteiger charge is -2.08. The number of anilines is 1. The first kappa shape index (κ1) is 25.6. The highest BCUT2D eigenvalue weighted by Gasteiger charge is 2.12. The molecule has 0 spiro atoms. The number of nitrogens with one attached hydrogen (secondary N) is 2. The summed E-state index contributed by atoms with van der Waals surface area (Å²) in [6.07, 6.45) is 9.95. The Morgan fingerprint density at radius 2 is 1.89 bits per heavy atom. The number of imidazole rings is 1. The SMILES string of the molecule is CC.CC.Cn1cc(-c2cnc(CNc3ccnc4nc(CCc5ccco5)[nH]c34)c(F)c2)cn1. The Bertz CT molecular complexity index is 1330. The fraction of sp³-hybridized carbons (Fsp3) is 0.308. The quantitative estimate of drug-likeness (QED) is 0.301. The van der Waals surface area contributed by atoms with Gasteiger partial charge in [-0.1, -0.05) is 27.7 Å². The maximum absolute atomic E-state index is 14.6. The number of hydrogen-bond acceptors (Lipinski definition) is 6. The molecule has 0 aliphatic carbocycles. The molecule has 0 bridgehead atoms. The Labute approximate surface area is 204 Å².